The second-order valence-electron chi connectivity index (χ2n) is 14.6. The van der Waals surface area contributed by atoms with Gasteiger partial charge in [0.2, 0.25) is 0 Å². The number of hydrogen-bond acceptors (Lipinski definition) is 0. The van der Waals surface area contributed by atoms with Crippen molar-refractivity contribution < 1.29 is 0 Å². The van der Waals surface area contributed by atoms with Gasteiger partial charge in [0.1, 0.15) is 0 Å². The maximum atomic E-state index is 2.45. The average molecular weight is 718 g/mol. The number of benzene rings is 9. The van der Waals surface area contributed by atoms with Gasteiger partial charge in [-0.25, -0.2) is 0 Å². The smallest absolute Gasteiger partial charge is 0.0619 e. The van der Waals surface area contributed by atoms with Gasteiger partial charge in [-0.3, -0.25) is 0 Å². The van der Waals surface area contributed by atoms with Crippen LogP contribution < -0.4 is 0 Å². The van der Waals surface area contributed by atoms with Crippen molar-refractivity contribution in [3.8, 4) is 39.1 Å². The van der Waals surface area contributed by atoms with E-state index in [-0.39, 0.29) is 0 Å². The van der Waals surface area contributed by atoms with Gasteiger partial charge < -0.3 is 4.57 Å². The molecule has 0 aliphatic carbocycles. The standard InChI is InChI=1S/C42H31N.C13H12/c1-3-10-30(11-4-1)18-19-31-20-22-33(23-21-31)36-25-27-41-40(29-36)39-26-24-34-14-7-8-17-38(34)42(39)43(41)37-16-9-15-35(28-37)32-12-5-2-6-13-32;1-11-7-9-13(10-8-11)12-5-3-2-4-6-12/h1-17,20-29H,18-19H2;2-10H,1H3. The molecule has 0 saturated heterocycles. The SMILES string of the molecule is Cc1ccc(-c2ccccc2)cc1.c1ccc(CCc2ccc(-c3ccc4c(c3)c3ccc5ccccc5c3n4-c3cccc(-c4ccccc4)c3)cc2)cc1. The van der Waals surface area contributed by atoms with E-state index in [2.05, 4.69) is 224 Å². The van der Waals surface area contributed by atoms with Crippen LogP contribution in [-0.2, 0) is 12.8 Å². The molecule has 1 aromatic heterocycles. The normalized spacial score (nSPS) is 11.1. The zero-order valence-corrected chi connectivity index (χ0v) is 31.6. The predicted octanol–water partition coefficient (Wildman–Crippen LogP) is 14.7. The van der Waals surface area contributed by atoms with Crippen LogP contribution >= 0.6 is 0 Å². The van der Waals surface area contributed by atoms with Gasteiger partial charge in [0.15, 0.2) is 0 Å². The van der Waals surface area contributed by atoms with Gasteiger partial charge in [0.05, 0.1) is 11.0 Å². The molecule has 0 fully saturated rings. The number of aryl methyl sites for hydroxylation is 3. The van der Waals surface area contributed by atoms with Gasteiger partial charge >= 0.3 is 0 Å². The molecule has 10 rings (SSSR count). The fraction of sp³-hybridized carbons (Fsp3) is 0.0545. The lowest BCUT2D eigenvalue weighted by Gasteiger charge is -2.12. The Balaban J connectivity index is 0.000000267. The topological polar surface area (TPSA) is 4.93 Å². The van der Waals surface area contributed by atoms with E-state index in [4.69, 9.17) is 0 Å². The number of fused-ring (bicyclic) bond motifs is 5. The Labute approximate surface area is 329 Å². The van der Waals surface area contributed by atoms with E-state index < -0.39 is 0 Å². The van der Waals surface area contributed by atoms with Crippen LogP contribution in [-0.4, -0.2) is 4.57 Å². The van der Waals surface area contributed by atoms with Gasteiger partial charge in [-0.15, -0.1) is 0 Å². The van der Waals surface area contributed by atoms with Crippen LogP contribution in [0.3, 0.4) is 0 Å². The van der Waals surface area contributed by atoms with Crippen molar-refractivity contribution in [2.45, 2.75) is 19.8 Å². The first-order valence-electron chi connectivity index (χ1n) is 19.6. The third kappa shape index (κ3) is 7.28. The lowest BCUT2D eigenvalue weighted by Crippen LogP contribution is -1.95. The summed E-state index contributed by atoms with van der Waals surface area (Å²) in [5.74, 6) is 0. The van der Waals surface area contributed by atoms with Crippen LogP contribution in [0, 0.1) is 6.92 Å². The Hall–Kier alpha value is -6.96. The van der Waals surface area contributed by atoms with Crippen molar-refractivity contribution in [2.75, 3.05) is 0 Å². The van der Waals surface area contributed by atoms with Gasteiger partial charge in [0.25, 0.3) is 0 Å². The van der Waals surface area contributed by atoms with Crippen LogP contribution in [0.25, 0.3) is 71.6 Å². The second kappa shape index (κ2) is 15.8. The largest absolute Gasteiger partial charge is 0.309 e. The average Bonchev–Trinajstić information content (AvgIpc) is 3.62. The third-order valence-electron chi connectivity index (χ3n) is 10.9. The zero-order valence-electron chi connectivity index (χ0n) is 31.6. The molecule has 0 aliphatic heterocycles. The zero-order chi connectivity index (χ0) is 37.7. The van der Waals surface area contributed by atoms with Gasteiger partial charge in [0, 0.05) is 21.8 Å². The van der Waals surface area contributed by atoms with E-state index in [0.717, 1.165) is 12.8 Å². The second-order valence-corrected chi connectivity index (χ2v) is 14.6. The molecule has 0 radical (unpaired) electrons. The van der Waals surface area contributed by atoms with Gasteiger partial charge in [-0.2, -0.15) is 0 Å². The van der Waals surface area contributed by atoms with E-state index in [9.17, 15) is 0 Å². The highest BCUT2D eigenvalue weighted by atomic mass is 15.0. The first kappa shape index (κ1) is 34.8. The maximum Gasteiger partial charge on any atom is 0.0619 e. The third-order valence-corrected chi connectivity index (χ3v) is 10.9. The van der Waals surface area contributed by atoms with Gasteiger partial charge in [-0.05, 0) is 93.9 Å². The molecule has 0 aliphatic rings. The fourth-order valence-electron chi connectivity index (χ4n) is 7.86. The first-order valence-corrected chi connectivity index (χ1v) is 19.6. The molecule has 1 heteroatoms. The number of hydrogen-bond donors (Lipinski definition) is 0. The number of nitrogens with zero attached hydrogens (tertiary/aromatic N) is 1. The van der Waals surface area contributed by atoms with Crippen LogP contribution in [0.5, 0.6) is 0 Å². The van der Waals surface area contributed by atoms with Crippen molar-refractivity contribution in [3.63, 3.8) is 0 Å². The summed E-state index contributed by atoms with van der Waals surface area (Å²) in [4.78, 5) is 0. The van der Waals surface area contributed by atoms with Crippen molar-refractivity contribution in [1.82, 2.24) is 4.57 Å². The van der Waals surface area contributed by atoms with E-state index in [0.29, 0.717) is 0 Å². The Morgan fingerprint density at radius 3 is 1.57 bits per heavy atom. The summed E-state index contributed by atoms with van der Waals surface area (Å²) < 4.78 is 2.45. The molecule has 268 valence electrons. The molecular weight excluding hydrogens is 675 g/mol. The molecule has 0 unspecified atom stereocenters. The summed E-state index contributed by atoms with van der Waals surface area (Å²) in [5, 5.41) is 5.08. The summed E-state index contributed by atoms with van der Waals surface area (Å²) in [6, 6.07) is 78.7. The Morgan fingerprint density at radius 1 is 0.339 bits per heavy atom. The van der Waals surface area contributed by atoms with Gasteiger partial charge in [-0.1, -0.05) is 200 Å². The summed E-state index contributed by atoms with van der Waals surface area (Å²) in [6.07, 6.45) is 2.11. The molecule has 0 bridgehead atoms. The Kier molecular flexibility index (Phi) is 9.81. The van der Waals surface area contributed by atoms with Crippen molar-refractivity contribution in [1.29, 1.82) is 0 Å². The number of rotatable bonds is 7. The minimum Gasteiger partial charge on any atom is -0.309 e. The maximum absolute atomic E-state index is 2.45. The first-order chi connectivity index (χ1) is 27.7. The van der Waals surface area contributed by atoms with Crippen LogP contribution in [0.4, 0.5) is 0 Å². The van der Waals surface area contributed by atoms with Crippen molar-refractivity contribution >= 4 is 32.6 Å². The highest BCUT2D eigenvalue weighted by molar-refractivity contribution is 6.19. The number of aromatic nitrogens is 1. The quantitative estimate of drug-likeness (QED) is 0.155. The van der Waals surface area contributed by atoms with Crippen molar-refractivity contribution in [2.24, 2.45) is 0 Å². The Morgan fingerprint density at radius 2 is 0.857 bits per heavy atom. The molecule has 0 atom stereocenters. The summed E-state index contributed by atoms with van der Waals surface area (Å²) >= 11 is 0. The lowest BCUT2D eigenvalue weighted by atomic mass is 9.99. The summed E-state index contributed by atoms with van der Waals surface area (Å²) in [6.45, 7) is 2.11. The monoisotopic (exact) mass is 717 g/mol. The molecule has 0 N–H and O–H groups in total. The predicted molar refractivity (Wildman–Crippen MR) is 240 cm³/mol. The molecule has 9 aromatic carbocycles. The summed E-state index contributed by atoms with van der Waals surface area (Å²) in [5.41, 5.74) is 15.2. The highest BCUT2D eigenvalue weighted by Gasteiger charge is 2.16. The molecule has 0 saturated carbocycles. The van der Waals surface area contributed by atoms with E-state index in [1.807, 2.05) is 6.07 Å². The molecular formula is C55H43N. The van der Waals surface area contributed by atoms with Crippen LogP contribution in [0.15, 0.2) is 218 Å². The summed E-state index contributed by atoms with van der Waals surface area (Å²) in [7, 11) is 0. The highest BCUT2D eigenvalue weighted by Crippen LogP contribution is 2.39. The van der Waals surface area contributed by atoms with Crippen LogP contribution in [0.2, 0.25) is 0 Å². The van der Waals surface area contributed by atoms with E-state index >= 15 is 0 Å². The molecule has 56 heavy (non-hydrogen) atoms. The van der Waals surface area contributed by atoms with Crippen LogP contribution in [0.1, 0.15) is 16.7 Å². The minimum absolute atomic E-state index is 1.05. The molecule has 1 nitrogen and oxygen atoms in total. The van der Waals surface area contributed by atoms with E-state index in [1.54, 1.807) is 0 Å². The van der Waals surface area contributed by atoms with Crippen molar-refractivity contribution in [3.05, 3.63) is 235 Å². The molecule has 1 heterocycles. The Bertz CT molecular complexity index is 2870. The lowest BCUT2D eigenvalue weighted by molar-refractivity contribution is 0.960. The van der Waals surface area contributed by atoms with E-state index in [1.165, 1.54) is 88.3 Å². The molecule has 10 aromatic rings. The molecule has 0 amide bonds. The minimum atomic E-state index is 1.05. The fourth-order valence-corrected chi connectivity index (χ4v) is 7.86. The molecule has 0 spiro atoms.